The van der Waals surface area contributed by atoms with Crippen LogP contribution in [0.25, 0.3) is 0 Å². The van der Waals surface area contributed by atoms with Gasteiger partial charge in [-0.15, -0.1) is 0 Å². The van der Waals surface area contributed by atoms with Crippen molar-refractivity contribution in [1.82, 2.24) is 9.88 Å². The molecule has 1 aliphatic rings. The van der Waals surface area contributed by atoms with E-state index in [0.717, 1.165) is 25.4 Å². The SMILES string of the molecule is COc1ccc(NC(=O)c2ccc(CN3CCCCC3)o2)c(C)n1. The van der Waals surface area contributed by atoms with Gasteiger partial charge in [0, 0.05) is 6.07 Å². The molecule has 1 N–H and O–H groups in total. The predicted molar refractivity (Wildman–Crippen MR) is 91.3 cm³/mol. The molecule has 1 aliphatic heterocycles. The number of ether oxygens (including phenoxy) is 1. The number of pyridine rings is 1. The third-order valence-corrected chi connectivity index (χ3v) is 4.23. The summed E-state index contributed by atoms with van der Waals surface area (Å²) in [6.45, 7) is 4.77. The molecule has 0 bridgehead atoms. The maximum absolute atomic E-state index is 12.3. The summed E-state index contributed by atoms with van der Waals surface area (Å²) < 4.78 is 10.8. The summed E-state index contributed by atoms with van der Waals surface area (Å²) in [7, 11) is 1.56. The first-order valence-electron chi connectivity index (χ1n) is 8.30. The Bertz CT molecular complexity index is 705. The average molecular weight is 329 g/mol. The first-order chi connectivity index (χ1) is 11.7. The van der Waals surface area contributed by atoms with E-state index >= 15 is 0 Å². The minimum Gasteiger partial charge on any atom is -0.481 e. The van der Waals surface area contributed by atoms with Crippen LogP contribution in [0.2, 0.25) is 0 Å². The van der Waals surface area contributed by atoms with Crippen LogP contribution in [0.15, 0.2) is 28.7 Å². The highest BCUT2D eigenvalue weighted by molar-refractivity contribution is 6.02. The molecule has 0 atom stereocenters. The second kappa shape index (κ2) is 7.49. The monoisotopic (exact) mass is 329 g/mol. The number of likely N-dealkylation sites (tertiary alicyclic amines) is 1. The molecular formula is C18H23N3O3. The quantitative estimate of drug-likeness (QED) is 0.912. The Labute approximate surface area is 141 Å². The highest BCUT2D eigenvalue weighted by Crippen LogP contribution is 2.19. The molecule has 24 heavy (non-hydrogen) atoms. The van der Waals surface area contributed by atoms with Gasteiger partial charge in [0.05, 0.1) is 25.0 Å². The van der Waals surface area contributed by atoms with Crippen molar-refractivity contribution in [3.63, 3.8) is 0 Å². The van der Waals surface area contributed by atoms with E-state index in [1.807, 2.05) is 13.0 Å². The molecule has 0 saturated carbocycles. The zero-order valence-electron chi connectivity index (χ0n) is 14.2. The van der Waals surface area contributed by atoms with Crippen LogP contribution in [0.3, 0.4) is 0 Å². The number of hydrogen-bond acceptors (Lipinski definition) is 5. The number of hydrogen-bond donors (Lipinski definition) is 1. The van der Waals surface area contributed by atoms with E-state index in [1.165, 1.54) is 19.3 Å². The molecule has 128 valence electrons. The number of nitrogens with zero attached hydrogens (tertiary/aromatic N) is 2. The van der Waals surface area contributed by atoms with Crippen molar-refractivity contribution in [1.29, 1.82) is 0 Å². The fourth-order valence-corrected chi connectivity index (χ4v) is 2.89. The molecule has 6 heteroatoms. The average Bonchev–Trinajstić information content (AvgIpc) is 3.06. The van der Waals surface area contributed by atoms with Crippen molar-refractivity contribution >= 4 is 11.6 Å². The Hall–Kier alpha value is -2.34. The smallest absolute Gasteiger partial charge is 0.291 e. The predicted octanol–water partition coefficient (Wildman–Crippen LogP) is 3.23. The van der Waals surface area contributed by atoms with Crippen LogP contribution in [0, 0.1) is 6.92 Å². The highest BCUT2D eigenvalue weighted by Gasteiger charge is 2.16. The second-order valence-corrected chi connectivity index (χ2v) is 6.04. The van der Waals surface area contributed by atoms with Crippen molar-refractivity contribution in [2.45, 2.75) is 32.7 Å². The van der Waals surface area contributed by atoms with Gasteiger partial charge in [0.25, 0.3) is 5.91 Å². The second-order valence-electron chi connectivity index (χ2n) is 6.04. The number of piperidine rings is 1. The summed E-state index contributed by atoms with van der Waals surface area (Å²) in [6.07, 6.45) is 3.77. The number of carbonyl (C=O) groups excluding carboxylic acids is 1. The molecule has 1 saturated heterocycles. The Morgan fingerprint density at radius 1 is 1.25 bits per heavy atom. The van der Waals surface area contributed by atoms with Crippen molar-refractivity contribution in [3.05, 3.63) is 41.5 Å². The third kappa shape index (κ3) is 3.94. The molecule has 0 unspecified atom stereocenters. The van der Waals surface area contributed by atoms with Crippen LogP contribution < -0.4 is 10.1 Å². The molecule has 1 amide bonds. The fraction of sp³-hybridized carbons (Fsp3) is 0.444. The summed E-state index contributed by atoms with van der Waals surface area (Å²) in [4.78, 5) is 19.0. The fourth-order valence-electron chi connectivity index (χ4n) is 2.89. The van der Waals surface area contributed by atoms with E-state index in [2.05, 4.69) is 15.2 Å². The number of aryl methyl sites for hydroxylation is 1. The molecule has 6 nitrogen and oxygen atoms in total. The molecule has 0 aromatic carbocycles. The van der Waals surface area contributed by atoms with Crippen molar-refractivity contribution in [2.24, 2.45) is 0 Å². The maximum Gasteiger partial charge on any atom is 0.291 e. The van der Waals surface area contributed by atoms with E-state index in [-0.39, 0.29) is 5.91 Å². The molecule has 0 radical (unpaired) electrons. The standard InChI is InChI=1S/C18H23N3O3/c1-13-15(7-9-17(19-13)23-2)20-18(22)16-8-6-14(24-16)12-21-10-4-3-5-11-21/h6-9H,3-5,10-12H2,1-2H3,(H,20,22). The number of aromatic nitrogens is 1. The van der Waals surface area contributed by atoms with Gasteiger partial charge in [0.1, 0.15) is 5.76 Å². The van der Waals surface area contributed by atoms with Gasteiger partial charge in [-0.1, -0.05) is 6.42 Å². The molecular weight excluding hydrogens is 306 g/mol. The van der Waals surface area contributed by atoms with Gasteiger partial charge < -0.3 is 14.5 Å². The lowest BCUT2D eigenvalue weighted by molar-refractivity contribution is 0.0992. The number of furan rings is 1. The van der Waals surface area contributed by atoms with Gasteiger partial charge in [0.2, 0.25) is 5.88 Å². The Balaban J connectivity index is 1.63. The zero-order chi connectivity index (χ0) is 16.9. The number of nitrogens with one attached hydrogen (secondary N) is 1. The van der Waals surface area contributed by atoms with Crippen LogP contribution in [0.4, 0.5) is 5.69 Å². The van der Waals surface area contributed by atoms with E-state index < -0.39 is 0 Å². The topological polar surface area (TPSA) is 67.6 Å². The summed E-state index contributed by atoms with van der Waals surface area (Å²) >= 11 is 0. The molecule has 1 fully saturated rings. The molecule has 3 heterocycles. The summed E-state index contributed by atoms with van der Waals surface area (Å²) in [6, 6.07) is 7.09. The van der Waals surface area contributed by atoms with Crippen LogP contribution in [-0.2, 0) is 6.54 Å². The van der Waals surface area contributed by atoms with Gasteiger partial charge in [-0.25, -0.2) is 4.98 Å². The largest absolute Gasteiger partial charge is 0.481 e. The lowest BCUT2D eigenvalue weighted by Gasteiger charge is -2.25. The molecule has 2 aromatic rings. The molecule has 2 aromatic heterocycles. The van der Waals surface area contributed by atoms with Crippen molar-refractivity contribution in [3.8, 4) is 5.88 Å². The minimum absolute atomic E-state index is 0.269. The summed E-state index contributed by atoms with van der Waals surface area (Å²) in [5.74, 6) is 1.39. The maximum atomic E-state index is 12.3. The molecule has 0 aliphatic carbocycles. The van der Waals surface area contributed by atoms with Crippen molar-refractivity contribution in [2.75, 3.05) is 25.5 Å². The number of carbonyl (C=O) groups is 1. The number of methoxy groups -OCH3 is 1. The van der Waals surface area contributed by atoms with E-state index in [1.54, 1.807) is 25.3 Å². The van der Waals surface area contributed by atoms with Crippen LogP contribution >= 0.6 is 0 Å². The minimum atomic E-state index is -0.269. The van der Waals surface area contributed by atoms with E-state index in [4.69, 9.17) is 9.15 Å². The molecule has 3 rings (SSSR count). The Morgan fingerprint density at radius 3 is 2.75 bits per heavy atom. The van der Waals surface area contributed by atoms with E-state index in [9.17, 15) is 4.79 Å². The van der Waals surface area contributed by atoms with Crippen LogP contribution in [0.1, 0.15) is 41.3 Å². The van der Waals surface area contributed by atoms with Crippen LogP contribution in [-0.4, -0.2) is 36.0 Å². The number of anilines is 1. The highest BCUT2D eigenvalue weighted by atomic mass is 16.5. The van der Waals surface area contributed by atoms with Gasteiger partial charge in [-0.3, -0.25) is 9.69 Å². The lowest BCUT2D eigenvalue weighted by Crippen LogP contribution is -2.28. The van der Waals surface area contributed by atoms with Crippen molar-refractivity contribution < 1.29 is 13.9 Å². The first-order valence-corrected chi connectivity index (χ1v) is 8.30. The number of amides is 1. The van der Waals surface area contributed by atoms with Gasteiger partial charge in [0.15, 0.2) is 5.76 Å². The van der Waals surface area contributed by atoms with Gasteiger partial charge in [-0.05, 0) is 51.1 Å². The Morgan fingerprint density at radius 2 is 2.04 bits per heavy atom. The van der Waals surface area contributed by atoms with Gasteiger partial charge >= 0.3 is 0 Å². The van der Waals surface area contributed by atoms with E-state index in [0.29, 0.717) is 23.0 Å². The number of rotatable bonds is 5. The Kier molecular flexibility index (Phi) is 5.15. The lowest BCUT2D eigenvalue weighted by atomic mass is 10.1. The third-order valence-electron chi connectivity index (χ3n) is 4.23. The first kappa shape index (κ1) is 16.5. The molecule has 0 spiro atoms. The normalized spacial score (nSPS) is 15.2. The summed E-state index contributed by atoms with van der Waals surface area (Å²) in [5.41, 5.74) is 1.34. The zero-order valence-corrected chi connectivity index (χ0v) is 14.2. The van der Waals surface area contributed by atoms with Crippen LogP contribution in [0.5, 0.6) is 5.88 Å². The van der Waals surface area contributed by atoms with Gasteiger partial charge in [-0.2, -0.15) is 0 Å². The summed E-state index contributed by atoms with van der Waals surface area (Å²) in [5, 5.41) is 2.83.